The molecular weight excluding hydrogens is 334 g/mol. The number of carbonyl (C=O) groups is 1. The number of aryl methyl sites for hydroxylation is 3. The number of anilines is 1. The molecule has 0 spiro atoms. The Bertz CT molecular complexity index is 872. The van der Waals surface area contributed by atoms with Gasteiger partial charge in [-0.1, -0.05) is 23.5 Å². The van der Waals surface area contributed by atoms with E-state index in [0.717, 1.165) is 27.5 Å². The fourth-order valence-corrected chi connectivity index (χ4v) is 3.75. The number of carbonyl (C=O) groups excluding carboxylic acids is 1. The smallest absolute Gasteiger partial charge is 0.280 e. The first-order valence-corrected chi connectivity index (χ1v) is 9.01. The topological polar surface area (TPSA) is 54.3 Å². The van der Waals surface area contributed by atoms with Gasteiger partial charge in [-0.15, -0.1) is 0 Å². The fraction of sp³-hybridized carbons (Fsp3) is 0.389. The lowest BCUT2D eigenvalue weighted by molar-refractivity contribution is 0.0979. The monoisotopic (exact) mass is 357 g/mol. The van der Waals surface area contributed by atoms with Gasteiger partial charge in [-0.05, 0) is 45.1 Å². The van der Waals surface area contributed by atoms with Crippen LogP contribution < -0.4 is 4.90 Å². The quantitative estimate of drug-likeness (QED) is 0.705. The van der Waals surface area contributed by atoms with E-state index in [0.29, 0.717) is 12.2 Å². The van der Waals surface area contributed by atoms with Crippen LogP contribution in [0.2, 0.25) is 0 Å². The molecule has 1 aromatic carbocycles. The van der Waals surface area contributed by atoms with Crippen LogP contribution in [0.4, 0.5) is 5.13 Å². The Morgan fingerprint density at radius 2 is 1.88 bits per heavy atom. The number of likely N-dealkylation sites (N-methyl/N-ethyl adjacent to an activating group) is 1. The molecule has 0 aliphatic heterocycles. The molecule has 0 N–H and O–H groups in total. The van der Waals surface area contributed by atoms with Crippen LogP contribution in [0.15, 0.2) is 24.4 Å². The second-order valence-corrected chi connectivity index (χ2v) is 7.49. The summed E-state index contributed by atoms with van der Waals surface area (Å²) in [5, 5.41) is 4.99. The van der Waals surface area contributed by atoms with Gasteiger partial charge in [-0.3, -0.25) is 14.4 Å². The molecule has 7 heteroatoms. The number of amides is 1. The van der Waals surface area contributed by atoms with Crippen molar-refractivity contribution in [3.8, 4) is 0 Å². The zero-order valence-corrected chi connectivity index (χ0v) is 16.1. The number of nitrogens with zero attached hydrogens (tertiary/aromatic N) is 5. The molecule has 0 aliphatic rings. The number of aromatic nitrogens is 3. The number of hydrogen-bond donors (Lipinski definition) is 0. The standard InChI is InChI=1S/C18H23N5OS/c1-12-6-7-13(2)16-15(12)19-18(25-16)23(11-10-21(3)4)17(24)14-8-9-22(5)20-14/h6-9H,10-11H2,1-5H3. The summed E-state index contributed by atoms with van der Waals surface area (Å²) in [4.78, 5) is 21.6. The molecule has 0 saturated heterocycles. The summed E-state index contributed by atoms with van der Waals surface area (Å²) in [7, 11) is 5.80. The van der Waals surface area contributed by atoms with Crippen molar-refractivity contribution in [2.75, 3.05) is 32.1 Å². The highest BCUT2D eigenvalue weighted by Crippen LogP contribution is 2.33. The van der Waals surface area contributed by atoms with E-state index in [4.69, 9.17) is 4.98 Å². The van der Waals surface area contributed by atoms with E-state index < -0.39 is 0 Å². The van der Waals surface area contributed by atoms with Crippen molar-refractivity contribution in [3.63, 3.8) is 0 Å². The molecule has 6 nitrogen and oxygen atoms in total. The van der Waals surface area contributed by atoms with Crippen molar-refractivity contribution >= 4 is 32.6 Å². The second-order valence-electron chi connectivity index (χ2n) is 6.51. The predicted octanol–water partition coefficient (Wildman–Crippen LogP) is 2.86. The van der Waals surface area contributed by atoms with Crippen molar-refractivity contribution in [2.24, 2.45) is 7.05 Å². The van der Waals surface area contributed by atoms with E-state index in [1.54, 1.807) is 33.2 Å². The lowest BCUT2D eigenvalue weighted by atomic mass is 10.1. The van der Waals surface area contributed by atoms with Crippen molar-refractivity contribution in [3.05, 3.63) is 41.2 Å². The van der Waals surface area contributed by atoms with Crippen molar-refractivity contribution < 1.29 is 4.79 Å². The average Bonchev–Trinajstić information content (AvgIpc) is 3.18. The maximum atomic E-state index is 13.0. The third kappa shape index (κ3) is 3.57. The van der Waals surface area contributed by atoms with E-state index in [-0.39, 0.29) is 5.91 Å². The van der Waals surface area contributed by atoms with Crippen LogP contribution in [0.5, 0.6) is 0 Å². The number of hydrogen-bond acceptors (Lipinski definition) is 5. The van der Waals surface area contributed by atoms with E-state index in [1.165, 1.54) is 5.56 Å². The fourth-order valence-electron chi connectivity index (χ4n) is 2.61. The Hall–Kier alpha value is -2.25. The lowest BCUT2D eigenvalue weighted by Gasteiger charge is -2.21. The van der Waals surface area contributed by atoms with Gasteiger partial charge in [0.25, 0.3) is 5.91 Å². The van der Waals surface area contributed by atoms with Gasteiger partial charge >= 0.3 is 0 Å². The number of rotatable bonds is 5. The Morgan fingerprint density at radius 1 is 1.16 bits per heavy atom. The molecule has 0 radical (unpaired) electrons. The average molecular weight is 357 g/mol. The summed E-state index contributed by atoms with van der Waals surface area (Å²) in [6.45, 7) is 5.46. The molecule has 0 bridgehead atoms. The SMILES string of the molecule is Cc1ccc(C)c2sc(N(CCN(C)C)C(=O)c3ccn(C)n3)nc12. The first kappa shape index (κ1) is 17.6. The molecule has 2 heterocycles. The molecule has 3 rings (SSSR count). The highest BCUT2D eigenvalue weighted by Gasteiger charge is 2.23. The summed E-state index contributed by atoms with van der Waals surface area (Å²) < 4.78 is 2.78. The number of benzene rings is 1. The van der Waals surface area contributed by atoms with E-state index >= 15 is 0 Å². The van der Waals surface area contributed by atoms with Gasteiger partial charge in [-0.25, -0.2) is 4.98 Å². The van der Waals surface area contributed by atoms with Crippen LogP contribution >= 0.6 is 11.3 Å². The third-order valence-electron chi connectivity index (χ3n) is 4.11. The first-order chi connectivity index (χ1) is 11.9. The molecular formula is C18H23N5OS. The van der Waals surface area contributed by atoms with Gasteiger partial charge in [0, 0.05) is 26.3 Å². The molecule has 2 aromatic heterocycles. The third-order valence-corrected chi connectivity index (χ3v) is 5.32. The van der Waals surface area contributed by atoms with E-state index in [1.807, 2.05) is 21.1 Å². The Kier molecular flexibility index (Phi) is 4.87. The van der Waals surface area contributed by atoms with Gasteiger partial charge in [-0.2, -0.15) is 5.10 Å². The van der Waals surface area contributed by atoms with Crippen molar-refractivity contribution in [2.45, 2.75) is 13.8 Å². The minimum absolute atomic E-state index is 0.114. The summed E-state index contributed by atoms with van der Waals surface area (Å²) in [5.41, 5.74) is 3.72. The Balaban J connectivity index is 2.03. The maximum absolute atomic E-state index is 13.0. The van der Waals surface area contributed by atoms with Gasteiger partial charge in [0.2, 0.25) is 0 Å². The summed E-state index contributed by atoms with van der Waals surface area (Å²) in [5.74, 6) is -0.114. The number of thiazole rings is 1. The molecule has 0 aliphatic carbocycles. The summed E-state index contributed by atoms with van der Waals surface area (Å²) >= 11 is 1.57. The van der Waals surface area contributed by atoms with Gasteiger partial charge in [0.1, 0.15) is 0 Å². The molecule has 25 heavy (non-hydrogen) atoms. The summed E-state index contributed by atoms with van der Waals surface area (Å²) in [6, 6.07) is 5.92. The summed E-state index contributed by atoms with van der Waals surface area (Å²) in [6.07, 6.45) is 1.78. The van der Waals surface area contributed by atoms with Crippen molar-refractivity contribution in [1.82, 2.24) is 19.7 Å². The van der Waals surface area contributed by atoms with Crippen molar-refractivity contribution in [1.29, 1.82) is 0 Å². The van der Waals surface area contributed by atoms with Gasteiger partial charge in [0.15, 0.2) is 10.8 Å². The van der Waals surface area contributed by atoms with Crippen LogP contribution in [0.1, 0.15) is 21.6 Å². The largest absolute Gasteiger partial charge is 0.308 e. The van der Waals surface area contributed by atoms with E-state index in [2.05, 4.69) is 36.0 Å². The van der Waals surface area contributed by atoms with Crippen LogP contribution in [0.3, 0.4) is 0 Å². The number of fused-ring (bicyclic) bond motifs is 1. The van der Waals surface area contributed by atoms with Gasteiger partial charge < -0.3 is 4.90 Å². The van der Waals surface area contributed by atoms with Gasteiger partial charge in [0.05, 0.1) is 10.2 Å². The van der Waals surface area contributed by atoms with E-state index in [9.17, 15) is 4.79 Å². The normalized spacial score (nSPS) is 11.4. The molecule has 0 fully saturated rings. The second kappa shape index (κ2) is 6.93. The molecule has 3 aromatic rings. The minimum Gasteiger partial charge on any atom is -0.308 e. The van der Waals surface area contributed by atoms with Crippen LogP contribution in [-0.4, -0.2) is 52.8 Å². The lowest BCUT2D eigenvalue weighted by Crippen LogP contribution is -2.37. The molecule has 0 unspecified atom stereocenters. The molecule has 1 amide bonds. The van der Waals surface area contributed by atoms with Crippen LogP contribution in [0.25, 0.3) is 10.2 Å². The van der Waals surface area contributed by atoms with Crippen LogP contribution in [-0.2, 0) is 7.05 Å². The highest BCUT2D eigenvalue weighted by atomic mass is 32.1. The maximum Gasteiger partial charge on any atom is 0.280 e. The predicted molar refractivity (Wildman–Crippen MR) is 103 cm³/mol. The molecule has 0 atom stereocenters. The molecule has 132 valence electrons. The van der Waals surface area contributed by atoms with Crippen LogP contribution in [0, 0.1) is 13.8 Å². The highest BCUT2D eigenvalue weighted by molar-refractivity contribution is 7.22. The Labute approximate surface area is 151 Å². The zero-order valence-electron chi connectivity index (χ0n) is 15.3. The zero-order chi connectivity index (χ0) is 18.1. The minimum atomic E-state index is -0.114. The molecule has 0 saturated carbocycles. The Morgan fingerprint density at radius 3 is 2.48 bits per heavy atom. The first-order valence-electron chi connectivity index (χ1n) is 8.20.